The van der Waals surface area contributed by atoms with Crippen molar-refractivity contribution in [3.63, 3.8) is 0 Å². The van der Waals surface area contributed by atoms with E-state index in [0.717, 1.165) is 5.56 Å². The maximum absolute atomic E-state index is 11.8. The third-order valence-electron chi connectivity index (χ3n) is 3.07. The quantitative estimate of drug-likeness (QED) is 0.516. The van der Waals surface area contributed by atoms with E-state index in [-0.39, 0.29) is 0 Å². The van der Waals surface area contributed by atoms with Gasteiger partial charge in [0.25, 0.3) is 0 Å². The Balaban J connectivity index is 1.93. The van der Waals surface area contributed by atoms with Crippen LogP contribution in [0.2, 0.25) is 0 Å². The molecule has 0 radical (unpaired) electrons. The average Bonchev–Trinajstić information content (AvgIpc) is 2.60. The monoisotopic (exact) mass is 311 g/mol. The van der Waals surface area contributed by atoms with Gasteiger partial charge in [0, 0.05) is 5.69 Å². The van der Waals surface area contributed by atoms with E-state index in [1.54, 1.807) is 38.3 Å². The van der Waals surface area contributed by atoms with Crippen LogP contribution in [0.3, 0.4) is 0 Å². The summed E-state index contributed by atoms with van der Waals surface area (Å²) >= 11 is 0. The number of methoxy groups -OCH3 is 1. The number of carbonyl (C=O) groups is 2. The molecule has 6 nitrogen and oxygen atoms in total. The Kier molecular flexibility index (Phi) is 5.46. The molecule has 0 bridgehead atoms. The zero-order chi connectivity index (χ0) is 16.7. The Morgan fingerprint density at radius 3 is 2.22 bits per heavy atom. The summed E-state index contributed by atoms with van der Waals surface area (Å²) in [4.78, 5) is 23.5. The molecule has 6 heteroatoms. The van der Waals surface area contributed by atoms with Crippen molar-refractivity contribution >= 4 is 23.2 Å². The van der Waals surface area contributed by atoms with E-state index in [9.17, 15) is 9.59 Å². The zero-order valence-corrected chi connectivity index (χ0v) is 12.9. The SMILES string of the molecule is COc1ccc(NC(=O)C(=O)NN=C(C)c2ccccc2)cc1. The summed E-state index contributed by atoms with van der Waals surface area (Å²) in [6.07, 6.45) is 0. The van der Waals surface area contributed by atoms with Crippen molar-refractivity contribution in [3.8, 4) is 5.75 Å². The third kappa shape index (κ3) is 4.67. The van der Waals surface area contributed by atoms with Crippen molar-refractivity contribution in [3.05, 3.63) is 60.2 Å². The van der Waals surface area contributed by atoms with E-state index < -0.39 is 11.8 Å². The molecular formula is C17H17N3O3. The van der Waals surface area contributed by atoms with Crippen LogP contribution in [-0.2, 0) is 9.59 Å². The van der Waals surface area contributed by atoms with E-state index in [2.05, 4.69) is 15.8 Å². The van der Waals surface area contributed by atoms with Crippen molar-refractivity contribution in [1.82, 2.24) is 5.43 Å². The van der Waals surface area contributed by atoms with Gasteiger partial charge in [-0.2, -0.15) is 5.10 Å². The lowest BCUT2D eigenvalue weighted by atomic mass is 10.1. The van der Waals surface area contributed by atoms with Gasteiger partial charge < -0.3 is 10.1 Å². The second-order valence-electron chi connectivity index (χ2n) is 4.69. The predicted octanol–water partition coefficient (Wildman–Crippen LogP) is 2.17. The molecule has 0 heterocycles. The zero-order valence-electron chi connectivity index (χ0n) is 12.9. The fourth-order valence-corrected chi connectivity index (χ4v) is 1.79. The van der Waals surface area contributed by atoms with Gasteiger partial charge >= 0.3 is 11.8 Å². The summed E-state index contributed by atoms with van der Waals surface area (Å²) in [6.45, 7) is 1.75. The number of amides is 2. The molecule has 2 N–H and O–H groups in total. The minimum atomic E-state index is -0.837. The first-order chi connectivity index (χ1) is 11.1. The molecule has 0 aromatic heterocycles. The van der Waals surface area contributed by atoms with Gasteiger partial charge in [-0.15, -0.1) is 0 Å². The van der Waals surface area contributed by atoms with Crippen LogP contribution < -0.4 is 15.5 Å². The summed E-state index contributed by atoms with van der Waals surface area (Å²) in [5, 5.41) is 6.40. The second-order valence-corrected chi connectivity index (χ2v) is 4.69. The Hall–Kier alpha value is -3.15. The standard InChI is InChI=1S/C17H17N3O3/c1-12(13-6-4-3-5-7-13)19-20-17(22)16(21)18-14-8-10-15(23-2)11-9-14/h3-11H,1-2H3,(H,18,21)(H,20,22). The van der Waals surface area contributed by atoms with Gasteiger partial charge in [-0.3, -0.25) is 9.59 Å². The van der Waals surface area contributed by atoms with Gasteiger partial charge in [-0.1, -0.05) is 30.3 Å². The molecule has 2 aromatic carbocycles. The Labute approximate surface area is 134 Å². The van der Waals surface area contributed by atoms with Crippen molar-refractivity contribution in [2.24, 2.45) is 5.10 Å². The summed E-state index contributed by atoms with van der Waals surface area (Å²) in [6, 6.07) is 16.0. The number of carbonyl (C=O) groups excluding carboxylic acids is 2. The van der Waals surface area contributed by atoms with E-state index in [1.165, 1.54) is 0 Å². The molecule has 0 atom stereocenters. The number of rotatable bonds is 4. The molecule has 118 valence electrons. The molecule has 0 aliphatic carbocycles. The number of nitrogens with one attached hydrogen (secondary N) is 2. The van der Waals surface area contributed by atoms with Crippen LogP contribution in [0, 0.1) is 0 Å². The molecule has 23 heavy (non-hydrogen) atoms. The summed E-state index contributed by atoms with van der Waals surface area (Å²) in [7, 11) is 1.55. The fraction of sp³-hybridized carbons (Fsp3) is 0.118. The summed E-state index contributed by atoms with van der Waals surface area (Å²) in [5.74, 6) is -0.966. The van der Waals surface area contributed by atoms with Crippen LogP contribution in [0.15, 0.2) is 59.7 Å². The van der Waals surface area contributed by atoms with Crippen molar-refractivity contribution in [1.29, 1.82) is 0 Å². The molecule has 2 rings (SSSR count). The molecule has 0 fully saturated rings. The highest BCUT2D eigenvalue weighted by molar-refractivity contribution is 6.39. The number of ether oxygens (including phenoxy) is 1. The Bertz CT molecular complexity index is 710. The van der Waals surface area contributed by atoms with E-state index in [1.807, 2.05) is 30.3 Å². The first-order valence-corrected chi connectivity index (χ1v) is 6.95. The minimum Gasteiger partial charge on any atom is -0.497 e. The molecule has 2 aromatic rings. The molecule has 0 aliphatic rings. The van der Waals surface area contributed by atoms with Gasteiger partial charge in [0.05, 0.1) is 12.8 Å². The normalized spacial score (nSPS) is 10.8. The van der Waals surface area contributed by atoms with Gasteiger partial charge in [0.15, 0.2) is 0 Å². The molecular weight excluding hydrogens is 294 g/mol. The number of hydrogen-bond acceptors (Lipinski definition) is 4. The first kappa shape index (κ1) is 16.2. The third-order valence-corrected chi connectivity index (χ3v) is 3.07. The van der Waals surface area contributed by atoms with Crippen LogP contribution in [0.5, 0.6) is 5.75 Å². The molecule has 0 aliphatic heterocycles. The molecule has 2 amide bonds. The van der Waals surface area contributed by atoms with Gasteiger partial charge in [0.2, 0.25) is 0 Å². The lowest BCUT2D eigenvalue weighted by molar-refractivity contribution is -0.136. The number of hydrazone groups is 1. The molecule has 0 spiro atoms. The minimum absolute atomic E-state index is 0.495. The Morgan fingerprint density at radius 1 is 0.957 bits per heavy atom. The van der Waals surface area contributed by atoms with Crippen molar-refractivity contribution in [2.45, 2.75) is 6.92 Å². The summed E-state index contributed by atoms with van der Waals surface area (Å²) in [5.41, 5.74) is 4.20. The number of anilines is 1. The number of nitrogens with zero attached hydrogens (tertiary/aromatic N) is 1. The fourth-order valence-electron chi connectivity index (χ4n) is 1.79. The molecule has 0 saturated carbocycles. The maximum atomic E-state index is 11.8. The van der Waals surface area contributed by atoms with Crippen LogP contribution >= 0.6 is 0 Å². The largest absolute Gasteiger partial charge is 0.497 e. The van der Waals surface area contributed by atoms with Crippen LogP contribution in [0.25, 0.3) is 0 Å². The summed E-state index contributed by atoms with van der Waals surface area (Å²) < 4.78 is 5.02. The maximum Gasteiger partial charge on any atom is 0.329 e. The average molecular weight is 311 g/mol. The van der Waals surface area contributed by atoms with Gasteiger partial charge in [-0.05, 0) is 36.8 Å². The Morgan fingerprint density at radius 2 is 1.61 bits per heavy atom. The van der Waals surface area contributed by atoms with Crippen LogP contribution in [0.4, 0.5) is 5.69 Å². The second kappa shape index (κ2) is 7.74. The predicted molar refractivity (Wildman–Crippen MR) is 88.4 cm³/mol. The lowest BCUT2D eigenvalue weighted by Gasteiger charge is -2.06. The first-order valence-electron chi connectivity index (χ1n) is 6.95. The van der Waals surface area contributed by atoms with Crippen molar-refractivity contribution in [2.75, 3.05) is 12.4 Å². The van der Waals surface area contributed by atoms with E-state index >= 15 is 0 Å². The highest BCUT2D eigenvalue weighted by Crippen LogP contribution is 2.14. The van der Waals surface area contributed by atoms with Gasteiger partial charge in [-0.25, -0.2) is 5.43 Å². The molecule has 0 saturated heterocycles. The van der Waals surface area contributed by atoms with Crippen molar-refractivity contribution < 1.29 is 14.3 Å². The molecule has 0 unspecified atom stereocenters. The smallest absolute Gasteiger partial charge is 0.329 e. The number of hydrogen-bond donors (Lipinski definition) is 2. The number of benzene rings is 2. The van der Waals surface area contributed by atoms with E-state index in [0.29, 0.717) is 17.1 Å². The van der Waals surface area contributed by atoms with Gasteiger partial charge in [0.1, 0.15) is 5.75 Å². The van der Waals surface area contributed by atoms with E-state index in [4.69, 9.17) is 4.74 Å². The topological polar surface area (TPSA) is 79.8 Å². The highest BCUT2D eigenvalue weighted by Gasteiger charge is 2.13. The highest BCUT2D eigenvalue weighted by atomic mass is 16.5. The van der Waals surface area contributed by atoms with Crippen LogP contribution in [0.1, 0.15) is 12.5 Å². The van der Waals surface area contributed by atoms with Crippen LogP contribution in [-0.4, -0.2) is 24.6 Å². The lowest BCUT2D eigenvalue weighted by Crippen LogP contribution is -2.32.